The summed E-state index contributed by atoms with van der Waals surface area (Å²) in [6.07, 6.45) is 10.5. The van der Waals surface area contributed by atoms with Crippen molar-refractivity contribution in [2.24, 2.45) is 0 Å². The molecule has 0 aliphatic heterocycles. The van der Waals surface area contributed by atoms with Gasteiger partial charge in [-0.25, -0.2) is 4.98 Å². The van der Waals surface area contributed by atoms with Crippen LogP contribution >= 0.6 is 11.3 Å². The number of anilines is 1. The molecule has 0 bridgehead atoms. The zero-order valence-corrected chi connectivity index (χ0v) is 18.9. The van der Waals surface area contributed by atoms with Crippen LogP contribution in [-0.2, 0) is 0 Å². The summed E-state index contributed by atoms with van der Waals surface area (Å²) >= 11 is 1.63. The fourth-order valence-electron chi connectivity index (χ4n) is 4.68. The highest BCUT2D eigenvalue weighted by Gasteiger charge is 2.25. The zero-order valence-electron chi connectivity index (χ0n) is 18.1. The Kier molecular flexibility index (Phi) is 4.81. The Morgan fingerprint density at radius 1 is 1.15 bits per heavy atom. The average molecular weight is 462 g/mol. The second kappa shape index (κ2) is 7.86. The monoisotopic (exact) mass is 461 g/mol. The van der Waals surface area contributed by atoms with Crippen LogP contribution in [0.3, 0.4) is 0 Å². The van der Waals surface area contributed by atoms with E-state index in [0.717, 1.165) is 63.6 Å². The number of rotatable bonds is 4. The number of pyridine rings is 2. The maximum Gasteiger partial charge on any atom is 0.240 e. The summed E-state index contributed by atoms with van der Waals surface area (Å²) in [5.74, 6) is 1.61. The number of hydrogen-bond donors (Lipinski definition) is 2. The Morgan fingerprint density at radius 2 is 2.00 bits per heavy atom. The average Bonchev–Trinajstić information content (AvgIpc) is 3.56. The predicted molar refractivity (Wildman–Crippen MR) is 128 cm³/mol. The largest absolute Gasteiger partial charge is 0.479 e. The van der Waals surface area contributed by atoms with Crippen LogP contribution in [-0.4, -0.2) is 38.1 Å². The van der Waals surface area contributed by atoms with Gasteiger partial charge < -0.3 is 20.0 Å². The van der Waals surface area contributed by atoms with Gasteiger partial charge in [0.25, 0.3) is 0 Å². The number of thiophene rings is 1. The minimum atomic E-state index is -0.215. The molecule has 5 heterocycles. The predicted octanol–water partition coefficient (Wildman–Crippen LogP) is 5.03. The van der Waals surface area contributed by atoms with Gasteiger partial charge in [-0.1, -0.05) is 0 Å². The number of aromatic nitrogens is 4. The Labute approximate surface area is 193 Å². The van der Waals surface area contributed by atoms with Crippen LogP contribution in [0.2, 0.25) is 0 Å². The van der Waals surface area contributed by atoms with E-state index in [-0.39, 0.29) is 12.1 Å². The lowest BCUT2D eigenvalue weighted by Crippen LogP contribution is -2.21. The van der Waals surface area contributed by atoms with E-state index in [1.807, 2.05) is 29.2 Å². The molecule has 3 N–H and O–H groups in total. The Balaban J connectivity index is 1.48. The van der Waals surface area contributed by atoms with Crippen molar-refractivity contribution in [3.05, 3.63) is 42.3 Å². The molecule has 1 fully saturated rings. The fraction of sp³-hybridized carbons (Fsp3) is 0.292. The van der Waals surface area contributed by atoms with Crippen LogP contribution in [0.5, 0.6) is 5.88 Å². The summed E-state index contributed by atoms with van der Waals surface area (Å²) in [6.45, 7) is 0. The van der Waals surface area contributed by atoms with Gasteiger partial charge in [0.15, 0.2) is 11.4 Å². The van der Waals surface area contributed by atoms with E-state index in [1.165, 1.54) is 0 Å². The van der Waals surface area contributed by atoms with Crippen LogP contribution in [0.15, 0.2) is 46.7 Å². The summed E-state index contributed by atoms with van der Waals surface area (Å²) in [5.41, 5.74) is 9.45. The van der Waals surface area contributed by atoms with Gasteiger partial charge in [-0.3, -0.25) is 9.67 Å². The lowest BCUT2D eigenvalue weighted by Gasteiger charge is -2.25. The number of hydrogen-bond acceptors (Lipinski definition) is 8. The third kappa shape index (κ3) is 3.35. The molecule has 5 aromatic rings. The molecule has 0 spiro atoms. The van der Waals surface area contributed by atoms with Crippen LogP contribution in [0.4, 0.5) is 5.82 Å². The van der Waals surface area contributed by atoms with Crippen molar-refractivity contribution < 1.29 is 14.3 Å². The maximum absolute atomic E-state index is 9.86. The Hall–Kier alpha value is -3.43. The van der Waals surface area contributed by atoms with Gasteiger partial charge in [-0.2, -0.15) is 0 Å². The molecule has 0 saturated heterocycles. The number of ether oxygens (including phenoxy) is 1. The van der Waals surface area contributed by atoms with Gasteiger partial charge in [0.2, 0.25) is 5.88 Å². The molecule has 0 aromatic carbocycles. The van der Waals surface area contributed by atoms with E-state index >= 15 is 0 Å². The van der Waals surface area contributed by atoms with Gasteiger partial charge in [-0.15, -0.1) is 16.4 Å². The minimum Gasteiger partial charge on any atom is -0.479 e. The van der Waals surface area contributed by atoms with Crippen molar-refractivity contribution in [1.29, 1.82) is 0 Å². The number of furan rings is 1. The molecule has 0 unspecified atom stereocenters. The lowest BCUT2D eigenvalue weighted by molar-refractivity contribution is 0.107. The molecule has 8 nitrogen and oxygen atoms in total. The summed E-state index contributed by atoms with van der Waals surface area (Å²) in [4.78, 5) is 8.61. The van der Waals surface area contributed by atoms with Crippen molar-refractivity contribution in [2.75, 3.05) is 12.8 Å². The minimum absolute atomic E-state index is 0.215. The van der Waals surface area contributed by atoms with Gasteiger partial charge >= 0.3 is 0 Å². The van der Waals surface area contributed by atoms with E-state index in [0.29, 0.717) is 17.3 Å². The van der Waals surface area contributed by atoms with Gasteiger partial charge in [0, 0.05) is 52.1 Å². The molecule has 1 aliphatic rings. The summed E-state index contributed by atoms with van der Waals surface area (Å²) in [6, 6.07) is 4.24. The van der Waals surface area contributed by atoms with Crippen molar-refractivity contribution in [3.63, 3.8) is 0 Å². The molecule has 0 atom stereocenters. The van der Waals surface area contributed by atoms with Gasteiger partial charge in [0.1, 0.15) is 5.76 Å². The van der Waals surface area contributed by atoms with E-state index in [2.05, 4.69) is 15.3 Å². The van der Waals surface area contributed by atoms with Crippen LogP contribution in [0.1, 0.15) is 31.7 Å². The fourth-order valence-corrected chi connectivity index (χ4v) is 5.60. The van der Waals surface area contributed by atoms with Crippen LogP contribution < -0.4 is 10.5 Å². The highest BCUT2D eigenvalue weighted by Crippen LogP contribution is 2.42. The normalized spacial score (nSPS) is 18.8. The Morgan fingerprint density at radius 3 is 2.82 bits per heavy atom. The third-order valence-corrected chi connectivity index (χ3v) is 7.39. The molecule has 6 rings (SSSR count). The second-order valence-corrected chi connectivity index (χ2v) is 9.34. The van der Waals surface area contributed by atoms with E-state index in [1.54, 1.807) is 30.8 Å². The maximum atomic E-state index is 9.86. The van der Waals surface area contributed by atoms with E-state index in [9.17, 15) is 5.11 Å². The molecule has 1 aliphatic carbocycles. The lowest BCUT2D eigenvalue weighted by atomic mass is 9.93. The molecule has 168 valence electrons. The number of nitrogens with two attached hydrogens (primary N) is 1. The quantitative estimate of drug-likeness (QED) is 0.386. The summed E-state index contributed by atoms with van der Waals surface area (Å²) in [5, 5.41) is 18.6. The van der Waals surface area contributed by atoms with Gasteiger partial charge in [-0.05, 0) is 37.8 Å². The number of fused-ring (bicyclic) bond motifs is 2. The standard InChI is InChI=1S/C24H23N5O3S/c1-31-24-18(11-29(28-24)13-2-4-14(30)5-3-13)17-9-27-23(25)22-16(17)8-20(32-22)19-12-33-21-10-26-7-6-15(19)21/h6-14,30H,2-5H2,1H3,(H2,25,27). The zero-order chi connectivity index (χ0) is 22.5. The van der Waals surface area contributed by atoms with Crippen molar-refractivity contribution in [1.82, 2.24) is 19.7 Å². The summed E-state index contributed by atoms with van der Waals surface area (Å²) in [7, 11) is 1.62. The highest BCUT2D eigenvalue weighted by atomic mass is 32.1. The van der Waals surface area contributed by atoms with Gasteiger partial charge in [0.05, 0.1) is 29.5 Å². The van der Waals surface area contributed by atoms with Crippen molar-refractivity contribution >= 4 is 38.2 Å². The molecule has 5 aromatic heterocycles. The number of aliphatic hydroxyl groups is 1. The van der Waals surface area contributed by atoms with Crippen LogP contribution in [0, 0.1) is 0 Å². The first-order chi connectivity index (χ1) is 16.1. The molecular formula is C24H23N5O3S. The van der Waals surface area contributed by atoms with Crippen LogP contribution in [0.25, 0.3) is 43.5 Å². The second-order valence-electron chi connectivity index (χ2n) is 8.43. The SMILES string of the molecule is COc1nn(C2CCC(O)CC2)cc1-c1cnc(N)c2oc(-c3csc4cnccc34)cc12. The first-order valence-corrected chi connectivity index (χ1v) is 11.8. The third-order valence-electron chi connectivity index (χ3n) is 6.45. The topological polar surface area (TPSA) is 112 Å². The number of nitrogens with zero attached hydrogens (tertiary/aromatic N) is 4. The first-order valence-electron chi connectivity index (χ1n) is 10.9. The van der Waals surface area contributed by atoms with Crippen molar-refractivity contribution in [2.45, 2.75) is 37.8 Å². The van der Waals surface area contributed by atoms with E-state index in [4.69, 9.17) is 20.0 Å². The number of aliphatic hydroxyl groups excluding tert-OH is 1. The molecule has 1 saturated carbocycles. The van der Waals surface area contributed by atoms with E-state index < -0.39 is 0 Å². The molecule has 33 heavy (non-hydrogen) atoms. The molecule has 0 amide bonds. The Bertz CT molecular complexity index is 1460. The number of methoxy groups -OCH3 is 1. The molecule has 0 radical (unpaired) electrons. The molecular weight excluding hydrogens is 438 g/mol. The van der Waals surface area contributed by atoms with Crippen molar-refractivity contribution in [3.8, 4) is 28.3 Å². The first kappa shape index (κ1) is 20.2. The smallest absolute Gasteiger partial charge is 0.240 e. The number of nitrogen functional groups attached to an aromatic ring is 1. The summed E-state index contributed by atoms with van der Waals surface area (Å²) < 4.78 is 14.9. The highest BCUT2D eigenvalue weighted by molar-refractivity contribution is 7.17. The molecule has 9 heteroatoms.